The second-order valence-corrected chi connectivity index (χ2v) is 10.8. The number of aromatic nitrogens is 4. The molecule has 12 heteroatoms. The van der Waals surface area contributed by atoms with Gasteiger partial charge >= 0.3 is 12.3 Å². The van der Waals surface area contributed by atoms with Crippen molar-refractivity contribution in [3.63, 3.8) is 0 Å². The number of imidazole rings is 1. The number of nitrogens with one attached hydrogen (secondary N) is 1. The zero-order chi connectivity index (χ0) is 29.3. The molecule has 42 heavy (non-hydrogen) atoms. The summed E-state index contributed by atoms with van der Waals surface area (Å²) < 4.78 is 46.3. The van der Waals surface area contributed by atoms with Crippen LogP contribution in [0.5, 0.6) is 0 Å². The molecule has 0 bridgehead atoms. The first kappa shape index (κ1) is 28.0. The summed E-state index contributed by atoms with van der Waals surface area (Å²) in [6.07, 6.45) is -0.106. The van der Waals surface area contributed by atoms with Crippen LogP contribution in [0.4, 0.5) is 23.9 Å². The van der Waals surface area contributed by atoms with Crippen LogP contribution >= 0.6 is 0 Å². The van der Waals surface area contributed by atoms with E-state index in [1.54, 1.807) is 12.5 Å². The van der Waals surface area contributed by atoms with Gasteiger partial charge in [-0.1, -0.05) is 48.5 Å². The van der Waals surface area contributed by atoms with Crippen molar-refractivity contribution in [2.45, 2.75) is 31.0 Å². The van der Waals surface area contributed by atoms with Crippen LogP contribution in [0.15, 0.2) is 61.1 Å². The second kappa shape index (κ2) is 11.2. The maximum Gasteiger partial charge on any atom is 0.408 e. The van der Waals surface area contributed by atoms with Crippen LogP contribution in [-0.2, 0) is 17.4 Å². The van der Waals surface area contributed by atoms with Crippen molar-refractivity contribution >= 4 is 23.2 Å². The number of carbonyl (C=O) groups is 1. The summed E-state index contributed by atoms with van der Waals surface area (Å²) in [5, 5.41) is 1.89. The average Bonchev–Trinajstić information content (AvgIpc) is 3.50. The number of hydrogen-bond donors (Lipinski definition) is 1. The Balaban J connectivity index is 1.10. The Bertz CT molecular complexity index is 1540. The van der Waals surface area contributed by atoms with Crippen molar-refractivity contribution in [1.29, 1.82) is 0 Å². The van der Waals surface area contributed by atoms with E-state index in [-0.39, 0.29) is 0 Å². The first-order valence-electron chi connectivity index (χ1n) is 14.1. The molecule has 0 unspecified atom stereocenters. The molecule has 1 fully saturated rings. The Labute approximate surface area is 241 Å². The van der Waals surface area contributed by atoms with E-state index in [0.29, 0.717) is 12.4 Å². The van der Waals surface area contributed by atoms with Crippen LogP contribution in [0.2, 0.25) is 0 Å². The SMILES string of the molecule is Cn1cnc2cnc(N3CCN(CCCCC4(OC(=O)NCC(F)(F)F)c5ccccc5-c5ccccc54)CC3)nc21. The highest BCUT2D eigenvalue weighted by atomic mass is 19.4. The first-order valence-corrected chi connectivity index (χ1v) is 14.1. The Morgan fingerprint density at radius 1 is 0.976 bits per heavy atom. The summed E-state index contributed by atoms with van der Waals surface area (Å²) in [5.74, 6) is 0.701. The Morgan fingerprint density at radius 3 is 2.31 bits per heavy atom. The molecule has 0 atom stereocenters. The maximum absolute atomic E-state index is 12.8. The molecule has 6 rings (SSSR count). The lowest BCUT2D eigenvalue weighted by Gasteiger charge is -2.35. The van der Waals surface area contributed by atoms with Gasteiger partial charge in [-0.3, -0.25) is 4.90 Å². The molecular weight excluding hydrogens is 547 g/mol. The fraction of sp³-hybridized carbons (Fsp3) is 0.400. The van der Waals surface area contributed by atoms with Crippen LogP contribution in [0.25, 0.3) is 22.3 Å². The molecule has 1 aliphatic heterocycles. The molecule has 0 spiro atoms. The van der Waals surface area contributed by atoms with E-state index in [0.717, 1.165) is 79.0 Å². The zero-order valence-corrected chi connectivity index (χ0v) is 23.3. The van der Waals surface area contributed by atoms with Crippen LogP contribution in [0, 0.1) is 0 Å². The van der Waals surface area contributed by atoms with Crippen molar-refractivity contribution < 1.29 is 22.7 Å². The topological polar surface area (TPSA) is 88.4 Å². The van der Waals surface area contributed by atoms with E-state index in [1.807, 2.05) is 65.5 Å². The van der Waals surface area contributed by atoms with Crippen LogP contribution in [0.3, 0.4) is 0 Å². The number of carbonyl (C=O) groups excluding carboxylic acids is 1. The van der Waals surface area contributed by atoms with E-state index in [2.05, 4.69) is 24.8 Å². The molecule has 3 heterocycles. The van der Waals surface area contributed by atoms with Gasteiger partial charge in [0.05, 0.1) is 12.5 Å². The first-order chi connectivity index (χ1) is 20.2. The van der Waals surface area contributed by atoms with E-state index in [1.165, 1.54) is 0 Å². The third-order valence-electron chi connectivity index (χ3n) is 8.06. The molecule has 9 nitrogen and oxygen atoms in total. The summed E-state index contributed by atoms with van der Waals surface area (Å²) in [4.78, 5) is 30.7. The third-order valence-corrected chi connectivity index (χ3v) is 8.06. The normalized spacial score (nSPS) is 16.3. The smallest absolute Gasteiger partial charge is 0.408 e. The number of benzene rings is 2. The predicted molar refractivity (Wildman–Crippen MR) is 152 cm³/mol. The van der Waals surface area contributed by atoms with Crippen molar-refractivity contribution in [3.8, 4) is 11.1 Å². The number of rotatable bonds is 8. The minimum absolute atomic E-state index is 0.457. The van der Waals surface area contributed by atoms with Gasteiger partial charge in [0.1, 0.15) is 12.1 Å². The molecule has 0 radical (unpaired) electrons. The third kappa shape index (κ3) is 5.50. The lowest BCUT2D eigenvalue weighted by Crippen LogP contribution is -2.47. The molecule has 220 valence electrons. The van der Waals surface area contributed by atoms with E-state index in [9.17, 15) is 18.0 Å². The predicted octanol–water partition coefficient (Wildman–Crippen LogP) is 4.87. The Hall–Kier alpha value is -4.19. The van der Waals surface area contributed by atoms with E-state index >= 15 is 0 Å². The number of anilines is 1. The van der Waals surface area contributed by atoms with Gasteiger partial charge in [0.15, 0.2) is 11.2 Å². The molecular formula is C30H32F3N7O2. The molecule has 0 saturated carbocycles. The maximum atomic E-state index is 12.8. The average molecular weight is 580 g/mol. The standard InChI is InChI=1S/C30H32F3N7O2/c1-38-20-36-25-18-34-27(37-26(25)38)40-16-14-39(15-17-40)13-7-6-12-29(42-28(41)35-19-30(31,32)33)23-10-4-2-8-21(23)22-9-3-5-11-24(22)29/h2-5,8-11,18,20H,6-7,12-17,19H2,1H3,(H,35,41). The largest absolute Gasteiger partial charge is 0.433 e. The molecule has 1 saturated heterocycles. The number of fused-ring (bicyclic) bond motifs is 4. The summed E-state index contributed by atoms with van der Waals surface area (Å²) in [6.45, 7) is 2.74. The Kier molecular flexibility index (Phi) is 7.48. The molecule has 2 aliphatic rings. The Morgan fingerprint density at radius 2 is 1.64 bits per heavy atom. The minimum atomic E-state index is -4.53. The summed E-state index contributed by atoms with van der Waals surface area (Å²) in [5.41, 5.74) is 3.87. The number of halogens is 3. The molecule has 1 amide bonds. The van der Waals surface area contributed by atoms with Crippen molar-refractivity contribution in [2.75, 3.05) is 44.2 Å². The number of hydrogen-bond acceptors (Lipinski definition) is 7. The van der Waals surface area contributed by atoms with E-state index < -0.39 is 24.4 Å². The minimum Gasteiger partial charge on any atom is -0.433 e. The van der Waals surface area contributed by atoms with Gasteiger partial charge in [-0.25, -0.2) is 14.8 Å². The van der Waals surface area contributed by atoms with Gasteiger partial charge in [-0.15, -0.1) is 0 Å². The van der Waals surface area contributed by atoms with Gasteiger partial charge in [-0.2, -0.15) is 18.2 Å². The van der Waals surface area contributed by atoms with Crippen molar-refractivity contribution in [3.05, 3.63) is 72.2 Å². The fourth-order valence-electron chi connectivity index (χ4n) is 6.03. The highest BCUT2D eigenvalue weighted by Crippen LogP contribution is 2.52. The number of aryl methyl sites for hydroxylation is 1. The fourth-order valence-corrected chi connectivity index (χ4v) is 6.03. The van der Waals surface area contributed by atoms with Crippen LogP contribution in [-0.4, -0.2) is 76.0 Å². The molecule has 2 aromatic heterocycles. The van der Waals surface area contributed by atoms with Crippen LogP contribution < -0.4 is 10.2 Å². The summed E-state index contributed by atoms with van der Waals surface area (Å²) in [6, 6.07) is 15.3. The van der Waals surface area contributed by atoms with Crippen LogP contribution in [0.1, 0.15) is 30.4 Å². The lowest BCUT2D eigenvalue weighted by molar-refractivity contribution is -0.124. The highest BCUT2D eigenvalue weighted by Gasteiger charge is 2.46. The quantitative estimate of drug-likeness (QED) is 0.298. The molecule has 1 aliphatic carbocycles. The van der Waals surface area contributed by atoms with Gasteiger partial charge in [-0.05, 0) is 36.9 Å². The number of nitrogens with zero attached hydrogens (tertiary/aromatic N) is 6. The number of alkyl halides is 3. The second-order valence-electron chi connectivity index (χ2n) is 10.8. The highest BCUT2D eigenvalue weighted by molar-refractivity contribution is 5.82. The number of unbranched alkanes of at least 4 members (excludes halogenated alkanes) is 1. The summed E-state index contributed by atoms with van der Waals surface area (Å²) in [7, 11) is 1.91. The molecule has 1 N–H and O–H groups in total. The van der Waals surface area contributed by atoms with E-state index in [4.69, 9.17) is 4.74 Å². The number of amides is 1. The van der Waals surface area contributed by atoms with Gasteiger partial charge in [0.25, 0.3) is 0 Å². The molecule has 2 aromatic carbocycles. The number of piperazine rings is 1. The van der Waals surface area contributed by atoms with Crippen molar-refractivity contribution in [2.24, 2.45) is 7.05 Å². The van der Waals surface area contributed by atoms with Gasteiger partial charge in [0.2, 0.25) is 5.95 Å². The number of alkyl carbamates (subject to hydrolysis) is 1. The van der Waals surface area contributed by atoms with Gasteiger partial charge < -0.3 is 19.5 Å². The monoisotopic (exact) mass is 579 g/mol. The zero-order valence-electron chi connectivity index (χ0n) is 23.3. The number of ether oxygens (including phenoxy) is 1. The lowest BCUT2D eigenvalue weighted by atomic mass is 9.86. The molecule has 4 aromatic rings. The van der Waals surface area contributed by atoms with Gasteiger partial charge in [0, 0.05) is 44.4 Å². The van der Waals surface area contributed by atoms with Crippen molar-refractivity contribution in [1.82, 2.24) is 29.7 Å². The summed E-state index contributed by atoms with van der Waals surface area (Å²) >= 11 is 0.